The number of carboxylic acid groups (broad SMARTS) is 1. The molecule has 2 heterocycles. The minimum atomic E-state index is -0.923. The number of piperidine rings is 1. The third kappa shape index (κ3) is 3.57. The summed E-state index contributed by atoms with van der Waals surface area (Å²) in [6, 6.07) is -0.442. The summed E-state index contributed by atoms with van der Waals surface area (Å²) in [7, 11) is 0. The van der Waals surface area contributed by atoms with Crippen LogP contribution in [0.2, 0.25) is 0 Å². The van der Waals surface area contributed by atoms with Crippen molar-refractivity contribution in [3.8, 4) is 0 Å². The number of carbonyl (C=O) groups is 3. The van der Waals surface area contributed by atoms with Crippen LogP contribution >= 0.6 is 0 Å². The Morgan fingerprint density at radius 3 is 2.29 bits per heavy atom. The fourth-order valence-electron chi connectivity index (χ4n) is 4.51. The Morgan fingerprint density at radius 2 is 1.62 bits per heavy atom. The first-order valence-corrected chi connectivity index (χ1v) is 9.40. The van der Waals surface area contributed by atoms with Gasteiger partial charge < -0.3 is 14.9 Å². The smallest absolute Gasteiger partial charge is 0.326 e. The molecule has 2 aliphatic heterocycles. The van der Waals surface area contributed by atoms with E-state index < -0.39 is 12.0 Å². The summed E-state index contributed by atoms with van der Waals surface area (Å²) in [4.78, 5) is 40.1. The Kier molecular flexibility index (Phi) is 5.41. The van der Waals surface area contributed by atoms with E-state index in [1.165, 1.54) is 17.7 Å². The Hall–Kier alpha value is -1.59. The van der Waals surface area contributed by atoms with Gasteiger partial charge in [-0.25, -0.2) is 4.79 Å². The molecule has 134 valence electrons. The van der Waals surface area contributed by atoms with E-state index in [-0.39, 0.29) is 30.2 Å². The van der Waals surface area contributed by atoms with Crippen LogP contribution in [0.1, 0.15) is 64.2 Å². The molecule has 2 atom stereocenters. The number of amides is 2. The third-order valence-corrected chi connectivity index (χ3v) is 5.84. The van der Waals surface area contributed by atoms with E-state index in [1.54, 1.807) is 0 Å². The Morgan fingerprint density at radius 1 is 0.958 bits per heavy atom. The maximum atomic E-state index is 12.8. The van der Waals surface area contributed by atoms with Crippen LogP contribution < -0.4 is 0 Å². The zero-order valence-corrected chi connectivity index (χ0v) is 14.3. The monoisotopic (exact) mass is 336 g/mol. The lowest BCUT2D eigenvalue weighted by Crippen LogP contribution is -2.50. The van der Waals surface area contributed by atoms with Crippen LogP contribution in [-0.2, 0) is 14.4 Å². The first-order chi connectivity index (χ1) is 11.6. The molecule has 3 aliphatic rings. The van der Waals surface area contributed by atoms with Crippen molar-refractivity contribution < 1.29 is 19.5 Å². The fraction of sp³-hybridized carbons (Fsp3) is 0.833. The molecular weight excluding hydrogens is 308 g/mol. The maximum absolute atomic E-state index is 12.8. The summed E-state index contributed by atoms with van der Waals surface area (Å²) < 4.78 is 0. The standard InChI is InChI=1S/C18H28N2O4/c21-16-11-13(12-20(16)14-7-3-1-2-4-8-14)17(22)19-10-6-5-9-15(19)18(23)24/h13-15H,1-12H2,(H,23,24)/t13-,15+/m0/s1. The first kappa shape index (κ1) is 17.2. The molecule has 2 amide bonds. The lowest BCUT2D eigenvalue weighted by atomic mass is 9.98. The minimum Gasteiger partial charge on any atom is -0.480 e. The molecule has 1 aliphatic carbocycles. The van der Waals surface area contributed by atoms with E-state index >= 15 is 0 Å². The second-order valence-electron chi connectivity index (χ2n) is 7.47. The zero-order chi connectivity index (χ0) is 17.1. The van der Waals surface area contributed by atoms with E-state index in [0.29, 0.717) is 19.5 Å². The quantitative estimate of drug-likeness (QED) is 0.800. The molecule has 0 aromatic heterocycles. The molecular formula is C18H28N2O4. The van der Waals surface area contributed by atoms with E-state index in [4.69, 9.17) is 0 Å². The zero-order valence-electron chi connectivity index (χ0n) is 14.3. The molecule has 3 fully saturated rings. The van der Waals surface area contributed by atoms with Crippen LogP contribution in [-0.4, -0.2) is 57.9 Å². The third-order valence-electron chi connectivity index (χ3n) is 5.84. The molecule has 0 aromatic carbocycles. The molecule has 0 bridgehead atoms. The Balaban J connectivity index is 1.65. The maximum Gasteiger partial charge on any atom is 0.326 e. The van der Waals surface area contributed by atoms with Gasteiger partial charge in [0.2, 0.25) is 11.8 Å². The number of rotatable bonds is 3. The first-order valence-electron chi connectivity index (χ1n) is 9.40. The van der Waals surface area contributed by atoms with Crippen molar-refractivity contribution in [1.29, 1.82) is 0 Å². The topological polar surface area (TPSA) is 77.9 Å². The number of hydrogen-bond donors (Lipinski definition) is 1. The van der Waals surface area contributed by atoms with Crippen molar-refractivity contribution in [2.24, 2.45) is 5.92 Å². The summed E-state index contributed by atoms with van der Waals surface area (Å²) in [6.45, 7) is 0.981. The van der Waals surface area contributed by atoms with Crippen LogP contribution in [0.15, 0.2) is 0 Å². The van der Waals surface area contributed by atoms with Crippen molar-refractivity contribution >= 4 is 17.8 Å². The van der Waals surface area contributed by atoms with Crippen LogP contribution in [0.5, 0.6) is 0 Å². The van der Waals surface area contributed by atoms with E-state index in [0.717, 1.165) is 38.5 Å². The van der Waals surface area contributed by atoms with Gasteiger partial charge in [0.15, 0.2) is 0 Å². The number of likely N-dealkylation sites (tertiary alicyclic amines) is 2. The highest BCUT2D eigenvalue weighted by atomic mass is 16.4. The van der Waals surface area contributed by atoms with Gasteiger partial charge in [-0.1, -0.05) is 25.7 Å². The van der Waals surface area contributed by atoms with E-state index in [2.05, 4.69) is 0 Å². The predicted molar refractivity (Wildman–Crippen MR) is 88.3 cm³/mol. The van der Waals surface area contributed by atoms with Crippen molar-refractivity contribution in [3.63, 3.8) is 0 Å². The highest BCUT2D eigenvalue weighted by Crippen LogP contribution is 2.30. The highest BCUT2D eigenvalue weighted by molar-refractivity contribution is 5.91. The van der Waals surface area contributed by atoms with Gasteiger partial charge in [-0.15, -0.1) is 0 Å². The minimum absolute atomic E-state index is 0.0733. The molecule has 0 spiro atoms. The lowest BCUT2D eigenvalue weighted by Gasteiger charge is -2.35. The number of carboxylic acids is 1. The van der Waals surface area contributed by atoms with Crippen molar-refractivity contribution in [1.82, 2.24) is 9.80 Å². The SMILES string of the molecule is O=C(O)[C@H]1CCCCN1C(=O)[C@H]1CC(=O)N(C2CCCCCC2)C1. The normalized spacial score (nSPS) is 29.6. The van der Waals surface area contributed by atoms with Gasteiger partial charge in [-0.05, 0) is 32.1 Å². The second kappa shape index (κ2) is 7.53. The summed E-state index contributed by atoms with van der Waals surface area (Å²) in [5.41, 5.74) is 0. The molecule has 3 rings (SSSR count). The number of carbonyl (C=O) groups excluding carboxylic acids is 2. The molecule has 6 nitrogen and oxygen atoms in total. The lowest BCUT2D eigenvalue weighted by molar-refractivity contribution is -0.153. The van der Waals surface area contributed by atoms with E-state index in [1.807, 2.05) is 4.90 Å². The number of aliphatic carboxylic acids is 1. The molecule has 6 heteroatoms. The molecule has 0 aromatic rings. The van der Waals surface area contributed by atoms with Gasteiger partial charge in [0.05, 0.1) is 5.92 Å². The second-order valence-corrected chi connectivity index (χ2v) is 7.47. The van der Waals surface area contributed by atoms with Gasteiger partial charge in [0.25, 0.3) is 0 Å². The van der Waals surface area contributed by atoms with Crippen LogP contribution in [0.3, 0.4) is 0 Å². The van der Waals surface area contributed by atoms with Crippen LogP contribution in [0.25, 0.3) is 0 Å². The molecule has 2 saturated heterocycles. The van der Waals surface area contributed by atoms with Gasteiger partial charge in [0.1, 0.15) is 6.04 Å². The molecule has 0 unspecified atom stereocenters. The largest absolute Gasteiger partial charge is 0.480 e. The molecule has 1 saturated carbocycles. The van der Waals surface area contributed by atoms with Gasteiger partial charge in [-0.3, -0.25) is 9.59 Å². The van der Waals surface area contributed by atoms with Gasteiger partial charge >= 0.3 is 5.97 Å². The fourth-order valence-corrected chi connectivity index (χ4v) is 4.51. The van der Waals surface area contributed by atoms with Gasteiger partial charge in [-0.2, -0.15) is 0 Å². The highest BCUT2D eigenvalue weighted by Gasteiger charge is 2.42. The number of hydrogen-bond acceptors (Lipinski definition) is 3. The summed E-state index contributed by atoms with van der Waals surface area (Å²) in [5, 5.41) is 9.37. The average Bonchev–Trinajstić information content (AvgIpc) is 2.80. The summed E-state index contributed by atoms with van der Waals surface area (Å²) in [6.07, 6.45) is 9.31. The molecule has 0 radical (unpaired) electrons. The molecule has 24 heavy (non-hydrogen) atoms. The summed E-state index contributed by atoms with van der Waals surface area (Å²) >= 11 is 0. The van der Waals surface area contributed by atoms with Crippen molar-refractivity contribution in [3.05, 3.63) is 0 Å². The van der Waals surface area contributed by atoms with Crippen LogP contribution in [0, 0.1) is 5.92 Å². The van der Waals surface area contributed by atoms with Gasteiger partial charge in [0, 0.05) is 25.6 Å². The van der Waals surface area contributed by atoms with Crippen LogP contribution in [0.4, 0.5) is 0 Å². The van der Waals surface area contributed by atoms with Crippen molar-refractivity contribution in [2.75, 3.05) is 13.1 Å². The summed E-state index contributed by atoms with van der Waals surface area (Å²) in [5.74, 6) is -1.34. The Labute approximate surface area is 143 Å². The average molecular weight is 336 g/mol. The molecule has 1 N–H and O–H groups in total. The predicted octanol–water partition coefficient (Wildman–Crippen LogP) is 2.02. The van der Waals surface area contributed by atoms with E-state index in [9.17, 15) is 19.5 Å². The van der Waals surface area contributed by atoms with Crippen molar-refractivity contribution in [2.45, 2.75) is 76.3 Å². The number of nitrogens with zero attached hydrogens (tertiary/aromatic N) is 2. The Bertz CT molecular complexity index is 499.